The van der Waals surface area contributed by atoms with Crippen molar-refractivity contribution in [3.63, 3.8) is 0 Å². The number of hydrogen-bond acceptors (Lipinski definition) is 3. The summed E-state index contributed by atoms with van der Waals surface area (Å²) in [7, 11) is 0. The van der Waals surface area contributed by atoms with Gasteiger partial charge in [0.15, 0.2) is 17.7 Å². The molecule has 33 heavy (non-hydrogen) atoms. The third-order valence-corrected chi connectivity index (χ3v) is 6.42. The number of aliphatic hydroxyl groups excluding tert-OH is 1. The zero-order valence-corrected chi connectivity index (χ0v) is 19.3. The maximum atomic E-state index is 14.2. The van der Waals surface area contributed by atoms with Crippen molar-refractivity contribution in [3.05, 3.63) is 99.0 Å². The Bertz CT molecular complexity index is 1170. The van der Waals surface area contributed by atoms with Crippen LogP contribution < -0.4 is 4.90 Å². The molecule has 1 amide bonds. The molecular formula is C25H22Cl2F2N2O2. The van der Waals surface area contributed by atoms with Crippen molar-refractivity contribution in [2.75, 3.05) is 24.5 Å². The van der Waals surface area contributed by atoms with Gasteiger partial charge in [0.1, 0.15) is 0 Å². The molecule has 0 spiro atoms. The zero-order chi connectivity index (χ0) is 23.7. The first-order chi connectivity index (χ1) is 15.8. The van der Waals surface area contributed by atoms with Crippen molar-refractivity contribution in [1.82, 2.24) is 4.90 Å². The molecule has 1 aliphatic rings. The monoisotopic (exact) mass is 490 g/mol. The van der Waals surface area contributed by atoms with Gasteiger partial charge in [0.25, 0.3) is 5.91 Å². The molecule has 1 N–H and O–H groups in total. The third-order valence-electron chi connectivity index (χ3n) is 5.87. The molecule has 1 fully saturated rings. The molecule has 3 aromatic carbocycles. The molecule has 3 aromatic rings. The van der Waals surface area contributed by atoms with Crippen LogP contribution in [0.2, 0.25) is 10.0 Å². The van der Waals surface area contributed by atoms with Crippen molar-refractivity contribution in [2.45, 2.75) is 19.1 Å². The molecule has 0 aromatic heterocycles. The summed E-state index contributed by atoms with van der Waals surface area (Å²) >= 11 is 12.6. The van der Waals surface area contributed by atoms with Crippen LogP contribution in [-0.2, 0) is 4.79 Å². The molecule has 0 aliphatic carbocycles. The Morgan fingerprint density at radius 3 is 2.48 bits per heavy atom. The Labute approximate surface area is 201 Å². The van der Waals surface area contributed by atoms with E-state index in [-0.39, 0.29) is 24.7 Å². The van der Waals surface area contributed by atoms with Crippen molar-refractivity contribution >= 4 is 34.8 Å². The van der Waals surface area contributed by atoms with Gasteiger partial charge in [-0.25, -0.2) is 8.78 Å². The number of aryl methyl sites for hydroxylation is 1. The van der Waals surface area contributed by atoms with E-state index in [0.29, 0.717) is 16.6 Å². The number of halogens is 4. The smallest absolute Gasteiger partial charge is 0.256 e. The number of nitrogens with zero attached hydrogens (tertiary/aromatic N) is 2. The summed E-state index contributed by atoms with van der Waals surface area (Å²) in [5.74, 6) is -3.02. The molecule has 172 valence electrons. The standard InChI is InChI=1S/C25H22Cl2F2N2O2/c1-15-5-10-21(19(27)13-15)31-12-11-30(14-22(31)16-6-8-17(26)9-7-16)25(33)24(32)18-3-2-4-20(28)23(18)29/h2-10,13,22,24,32H,11-12,14H2,1H3/t22-,24?/m0/s1. The Hall–Kier alpha value is -2.67. The molecule has 0 bridgehead atoms. The number of rotatable bonds is 4. The molecule has 2 atom stereocenters. The van der Waals surface area contributed by atoms with E-state index in [1.807, 2.05) is 37.3 Å². The highest BCUT2D eigenvalue weighted by atomic mass is 35.5. The van der Waals surface area contributed by atoms with E-state index in [1.165, 1.54) is 17.0 Å². The van der Waals surface area contributed by atoms with Crippen molar-refractivity contribution in [1.29, 1.82) is 0 Å². The average Bonchev–Trinajstić information content (AvgIpc) is 2.80. The molecule has 8 heteroatoms. The van der Waals surface area contributed by atoms with E-state index in [1.54, 1.807) is 12.1 Å². The van der Waals surface area contributed by atoms with Gasteiger partial charge in [-0.3, -0.25) is 4.79 Å². The Balaban J connectivity index is 1.65. The van der Waals surface area contributed by atoms with Crippen molar-refractivity contribution < 1.29 is 18.7 Å². The number of anilines is 1. The fraction of sp³-hybridized carbons (Fsp3) is 0.240. The summed E-state index contributed by atoms with van der Waals surface area (Å²) in [6, 6.07) is 16.2. The average molecular weight is 491 g/mol. The molecule has 4 nitrogen and oxygen atoms in total. The highest BCUT2D eigenvalue weighted by molar-refractivity contribution is 6.33. The molecule has 0 radical (unpaired) electrons. The van der Waals surface area contributed by atoms with Gasteiger partial charge in [0, 0.05) is 30.2 Å². The molecule has 1 saturated heterocycles. The number of piperazine rings is 1. The minimum atomic E-state index is -1.80. The van der Waals surface area contributed by atoms with E-state index >= 15 is 0 Å². The Morgan fingerprint density at radius 2 is 1.79 bits per heavy atom. The first-order valence-electron chi connectivity index (χ1n) is 10.5. The van der Waals surface area contributed by atoms with Crippen LogP contribution in [0.4, 0.5) is 14.5 Å². The molecule has 4 rings (SSSR count). The van der Waals surface area contributed by atoms with Crippen LogP contribution in [0.5, 0.6) is 0 Å². The molecular weight excluding hydrogens is 469 g/mol. The van der Waals surface area contributed by atoms with Gasteiger partial charge in [-0.2, -0.15) is 0 Å². The van der Waals surface area contributed by atoms with Crippen LogP contribution in [-0.4, -0.2) is 35.5 Å². The quantitative estimate of drug-likeness (QED) is 0.509. The SMILES string of the molecule is Cc1ccc(N2CCN(C(=O)C(O)c3cccc(F)c3F)C[C@H]2c2ccc(Cl)cc2)c(Cl)c1. The maximum Gasteiger partial charge on any atom is 0.256 e. The highest BCUT2D eigenvalue weighted by Crippen LogP contribution is 2.36. The minimum Gasteiger partial charge on any atom is -0.378 e. The van der Waals surface area contributed by atoms with Crippen molar-refractivity contribution in [2.24, 2.45) is 0 Å². The predicted octanol–water partition coefficient (Wildman–Crippen LogP) is 5.70. The van der Waals surface area contributed by atoms with Crippen LogP contribution in [0.1, 0.15) is 28.8 Å². The Morgan fingerprint density at radius 1 is 1.06 bits per heavy atom. The van der Waals surface area contributed by atoms with E-state index in [0.717, 1.165) is 22.9 Å². The van der Waals surface area contributed by atoms with Crippen LogP contribution in [0.25, 0.3) is 0 Å². The molecule has 1 heterocycles. The van der Waals surface area contributed by atoms with Gasteiger partial charge >= 0.3 is 0 Å². The largest absolute Gasteiger partial charge is 0.378 e. The van der Waals surface area contributed by atoms with Gasteiger partial charge in [-0.1, -0.05) is 53.5 Å². The number of benzene rings is 3. The minimum absolute atomic E-state index is 0.221. The summed E-state index contributed by atoms with van der Waals surface area (Å²) in [6.45, 7) is 2.88. The number of aliphatic hydroxyl groups is 1. The topological polar surface area (TPSA) is 43.8 Å². The van der Waals surface area contributed by atoms with E-state index in [9.17, 15) is 18.7 Å². The zero-order valence-electron chi connectivity index (χ0n) is 17.8. The number of amides is 1. The first-order valence-corrected chi connectivity index (χ1v) is 11.2. The number of hydrogen-bond donors (Lipinski definition) is 1. The predicted molar refractivity (Wildman–Crippen MR) is 126 cm³/mol. The number of carbonyl (C=O) groups excluding carboxylic acids is 1. The van der Waals surface area contributed by atoms with Gasteiger partial charge in [0.05, 0.1) is 16.8 Å². The van der Waals surface area contributed by atoms with Gasteiger partial charge in [0.2, 0.25) is 0 Å². The lowest BCUT2D eigenvalue weighted by Crippen LogP contribution is -2.52. The fourth-order valence-electron chi connectivity index (χ4n) is 4.12. The lowest BCUT2D eigenvalue weighted by Gasteiger charge is -2.44. The maximum absolute atomic E-state index is 14.2. The second-order valence-electron chi connectivity index (χ2n) is 8.05. The van der Waals surface area contributed by atoms with E-state index in [4.69, 9.17) is 23.2 Å². The Kier molecular flexibility index (Phi) is 6.88. The van der Waals surface area contributed by atoms with Gasteiger partial charge < -0.3 is 14.9 Å². The fourth-order valence-corrected chi connectivity index (χ4v) is 4.59. The van der Waals surface area contributed by atoms with Crippen LogP contribution in [0, 0.1) is 18.6 Å². The summed E-state index contributed by atoms with van der Waals surface area (Å²) < 4.78 is 27.8. The molecule has 0 saturated carbocycles. The summed E-state index contributed by atoms with van der Waals surface area (Å²) in [5, 5.41) is 11.7. The number of carbonyl (C=O) groups is 1. The first kappa shape index (κ1) is 23.5. The van der Waals surface area contributed by atoms with E-state index < -0.39 is 23.6 Å². The van der Waals surface area contributed by atoms with Crippen LogP contribution in [0.15, 0.2) is 60.7 Å². The third kappa shape index (κ3) is 4.83. The van der Waals surface area contributed by atoms with Gasteiger partial charge in [-0.15, -0.1) is 0 Å². The summed E-state index contributed by atoms with van der Waals surface area (Å²) in [5.41, 5.74) is 2.37. The van der Waals surface area contributed by atoms with Crippen LogP contribution >= 0.6 is 23.2 Å². The van der Waals surface area contributed by atoms with Crippen molar-refractivity contribution in [3.8, 4) is 0 Å². The summed E-state index contributed by atoms with van der Waals surface area (Å²) in [6.07, 6.45) is -1.80. The summed E-state index contributed by atoms with van der Waals surface area (Å²) in [4.78, 5) is 16.6. The second kappa shape index (κ2) is 9.67. The molecule has 1 aliphatic heterocycles. The lowest BCUT2D eigenvalue weighted by molar-refractivity contribution is -0.141. The second-order valence-corrected chi connectivity index (χ2v) is 8.89. The molecule has 1 unspecified atom stereocenters. The lowest BCUT2D eigenvalue weighted by atomic mass is 9.99. The van der Waals surface area contributed by atoms with Gasteiger partial charge in [-0.05, 0) is 48.4 Å². The highest BCUT2D eigenvalue weighted by Gasteiger charge is 2.35. The van der Waals surface area contributed by atoms with Crippen LogP contribution in [0.3, 0.4) is 0 Å². The van der Waals surface area contributed by atoms with E-state index in [2.05, 4.69) is 4.90 Å². The normalized spacial score (nSPS) is 17.2.